The first-order chi connectivity index (χ1) is 5.72. The predicted octanol–water partition coefficient (Wildman–Crippen LogP) is 0.296. The van der Waals surface area contributed by atoms with E-state index < -0.39 is 0 Å². The van der Waals surface area contributed by atoms with Crippen LogP contribution in [0.2, 0.25) is 0 Å². The van der Waals surface area contributed by atoms with E-state index in [2.05, 4.69) is 4.98 Å². The lowest BCUT2D eigenvalue weighted by Gasteiger charge is -1.99. The highest BCUT2D eigenvalue weighted by Gasteiger charge is 2.00. The number of nitriles is 1. The lowest BCUT2D eigenvalue weighted by molar-refractivity contribution is 0.724. The van der Waals surface area contributed by atoms with Crippen molar-refractivity contribution in [3.05, 3.63) is 18.2 Å². The zero-order chi connectivity index (χ0) is 8.97. The molecule has 1 heterocycles. The van der Waals surface area contributed by atoms with Gasteiger partial charge in [-0.15, -0.1) is 0 Å². The van der Waals surface area contributed by atoms with Crippen molar-refractivity contribution >= 4 is 0 Å². The Labute approximate surface area is 71.6 Å². The van der Waals surface area contributed by atoms with Crippen LogP contribution in [0.15, 0.2) is 12.5 Å². The van der Waals surface area contributed by atoms with E-state index in [1.807, 2.05) is 19.2 Å². The van der Waals surface area contributed by atoms with E-state index in [0.29, 0.717) is 6.54 Å². The highest BCUT2D eigenvalue weighted by molar-refractivity contribution is 4.99. The third-order valence-corrected chi connectivity index (χ3v) is 1.47. The molecular formula is C8H12N4. The van der Waals surface area contributed by atoms with Crippen LogP contribution in [0.25, 0.3) is 0 Å². The fourth-order valence-corrected chi connectivity index (χ4v) is 1.01. The third-order valence-electron chi connectivity index (χ3n) is 1.47. The van der Waals surface area contributed by atoms with Gasteiger partial charge in [0.2, 0.25) is 0 Å². The average Bonchev–Trinajstić information content (AvgIpc) is 2.36. The van der Waals surface area contributed by atoms with Crippen molar-refractivity contribution in [2.24, 2.45) is 5.73 Å². The molecular weight excluding hydrogens is 152 g/mol. The van der Waals surface area contributed by atoms with Crippen molar-refractivity contribution in [3.8, 4) is 6.07 Å². The summed E-state index contributed by atoms with van der Waals surface area (Å²) in [5.41, 5.74) is 6.54. The van der Waals surface area contributed by atoms with Gasteiger partial charge < -0.3 is 10.3 Å². The normalized spacial score (nSPS) is 12.4. The van der Waals surface area contributed by atoms with Gasteiger partial charge in [0.15, 0.2) is 0 Å². The van der Waals surface area contributed by atoms with Gasteiger partial charge >= 0.3 is 0 Å². The Balaban J connectivity index is 2.59. The summed E-state index contributed by atoms with van der Waals surface area (Å²) in [4.78, 5) is 4.11. The molecule has 1 aromatic rings. The van der Waals surface area contributed by atoms with E-state index in [4.69, 9.17) is 11.0 Å². The van der Waals surface area contributed by atoms with E-state index in [-0.39, 0.29) is 6.04 Å². The second kappa shape index (κ2) is 3.88. The molecule has 12 heavy (non-hydrogen) atoms. The van der Waals surface area contributed by atoms with Gasteiger partial charge in [0.1, 0.15) is 6.54 Å². The van der Waals surface area contributed by atoms with Crippen LogP contribution in [0.5, 0.6) is 0 Å². The maximum atomic E-state index is 8.39. The van der Waals surface area contributed by atoms with E-state index in [1.54, 1.807) is 10.9 Å². The molecule has 2 N–H and O–H groups in total. The van der Waals surface area contributed by atoms with E-state index >= 15 is 0 Å². The van der Waals surface area contributed by atoms with Crippen LogP contribution in [0.1, 0.15) is 12.6 Å². The number of aromatic nitrogens is 2. The lowest BCUT2D eigenvalue weighted by Crippen LogP contribution is -2.17. The lowest BCUT2D eigenvalue weighted by atomic mass is 10.2. The third kappa shape index (κ3) is 2.36. The molecule has 1 unspecified atom stereocenters. The van der Waals surface area contributed by atoms with Crippen LogP contribution in [0, 0.1) is 11.3 Å². The molecule has 1 aromatic heterocycles. The zero-order valence-electron chi connectivity index (χ0n) is 7.07. The summed E-state index contributed by atoms with van der Waals surface area (Å²) in [6.45, 7) is 2.29. The van der Waals surface area contributed by atoms with Gasteiger partial charge in [0, 0.05) is 18.7 Å². The SMILES string of the molecule is CC(N)Cc1cn(CC#N)cn1. The van der Waals surface area contributed by atoms with Crippen molar-refractivity contribution in [2.45, 2.75) is 25.9 Å². The molecule has 1 atom stereocenters. The number of hydrogen-bond acceptors (Lipinski definition) is 3. The van der Waals surface area contributed by atoms with Gasteiger partial charge in [-0.25, -0.2) is 4.98 Å². The zero-order valence-corrected chi connectivity index (χ0v) is 7.07. The Kier molecular flexibility index (Phi) is 2.83. The van der Waals surface area contributed by atoms with Gasteiger partial charge in [-0.05, 0) is 6.92 Å². The fraction of sp³-hybridized carbons (Fsp3) is 0.500. The van der Waals surface area contributed by atoms with E-state index in [1.165, 1.54) is 0 Å². The quantitative estimate of drug-likeness (QED) is 0.698. The Morgan fingerprint density at radius 1 is 1.83 bits per heavy atom. The summed E-state index contributed by atoms with van der Waals surface area (Å²) in [7, 11) is 0. The molecule has 0 amide bonds. The summed E-state index contributed by atoms with van der Waals surface area (Å²) >= 11 is 0. The molecule has 4 nitrogen and oxygen atoms in total. The summed E-state index contributed by atoms with van der Waals surface area (Å²) in [6, 6.07) is 2.16. The van der Waals surface area contributed by atoms with Gasteiger partial charge in [0.05, 0.1) is 18.1 Å². The number of rotatable bonds is 3. The summed E-state index contributed by atoms with van der Waals surface area (Å²) in [5, 5.41) is 8.39. The topological polar surface area (TPSA) is 67.6 Å². The Morgan fingerprint density at radius 2 is 2.58 bits per heavy atom. The molecule has 0 spiro atoms. The number of imidazole rings is 1. The first-order valence-electron chi connectivity index (χ1n) is 3.85. The van der Waals surface area contributed by atoms with Crippen LogP contribution in [-0.4, -0.2) is 15.6 Å². The molecule has 64 valence electrons. The van der Waals surface area contributed by atoms with Crippen molar-refractivity contribution < 1.29 is 0 Å². The summed E-state index contributed by atoms with van der Waals surface area (Å²) < 4.78 is 1.75. The van der Waals surface area contributed by atoms with Crippen LogP contribution >= 0.6 is 0 Å². The maximum Gasteiger partial charge on any atom is 0.111 e. The highest BCUT2D eigenvalue weighted by atomic mass is 15.0. The minimum absolute atomic E-state index is 0.121. The van der Waals surface area contributed by atoms with Crippen LogP contribution in [0.4, 0.5) is 0 Å². The average molecular weight is 164 g/mol. The van der Waals surface area contributed by atoms with E-state index in [0.717, 1.165) is 12.1 Å². The minimum Gasteiger partial charge on any atom is -0.328 e. The van der Waals surface area contributed by atoms with Crippen LogP contribution < -0.4 is 5.73 Å². The fourth-order valence-electron chi connectivity index (χ4n) is 1.01. The predicted molar refractivity (Wildman–Crippen MR) is 45.2 cm³/mol. The second-order valence-electron chi connectivity index (χ2n) is 2.88. The Hall–Kier alpha value is -1.34. The molecule has 0 aliphatic carbocycles. The van der Waals surface area contributed by atoms with Gasteiger partial charge in [0.25, 0.3) is 0 Å². The van der Waals surface area contributed by atoms with Crippen molar-refractivity contribution in [2.75, 3.05) is 0 Å². The number of hydrogen-bond donors (Lipinski definition) is 1. The Bertz CT molecular complexity index is 281. The first-order valence-corrected chi connectivity index (χ1v) is 3.85. The van der Waals surface area contributed by atoms with E-state index in [9.17, 15) is 0 Å². The molecule has 0 fully saturated rings. The molecule has 0 aromatic carbocycles. The molecule has 0 aliphatic heterocycles. The molecule has 0 radical (unpaired) electrons. The highest BCUT2D eigenvalue weighted by Crippen LogP contribution is 1.98. The van der Waals surface area contributed by atoms with Crippen molar-refractivity contribution in [1.82, 2.24) is 9.55 Å². The standard InChI is InChI=1S/C8H12N4/c1-7(10)4-8-5-12(3-2-9)6-11-8/h5-7H,3-4,10H2,1H3. The second-order valence-corrected chi connectivity index (χ2v) is 2.88. The monoisotopic (exact) mass is 164 g/mol. The van der Waals surface area contributed by atoms with Crippen molar-refractivity contribution in [1.29, 1.82) is 5.26 Å². The Morgan fingerprint density at radius 3 is 3.17 bits per heavy atom. The minimum atomic E-state index is 0.121. The van der Waals surface area contributed by atoms with Gasteiger partial charge in [-0.3, -0.25) is 0 Å². The van der Waals surface area contributed by atoms with Gasteiger partial charge in [-0.2, -0.15) is 5.26 Å². The number of nitrogens with two attached hydrogens (primary N) is 1. The first kappa shape index (κ1) is 8.75. The molecule has 4 heteroatoms. The van der Waals surface area contributed by atoms with Crippen LogP contribution in [-0.2, 0) is 13.0 Å². The molecule has 0 saturated heterocycles. The number of nitrogens with zero attached hydrogens (tertiary/aromatic N) is 3. The smallest absolute Gasteiger partial charge is 0.111 e. The summed E-state index contributed by atoms with van der Waals surface area (Å²) in [6.07, 6.45) is 4.27. The van der Waals surface area contributed by atoms with Gasteiger partial charge in [-0.1, -0.05) is 0 Å². The summed E-state index contributed by atoms with van der Waals surface area (Å²) in [5.74, 6) is 0. The molecule has 0 bridgehead atoms. The molecule has 1 rings (SSSR count). The van der Waals surface area contributed by atoms with Crippen molar-refractivity contribution in [3.63, 3.8) is 0 Å². The van der Waals surface area contributed by atoms with Crippen LogP contribution in [0.3, 0.4) is 0 Å². The molecule has 0 saturated carbocycles. The molecule has 0 aliphatic rings. The maximum absolute atomic E-state index is 8.39. The largest absolute Gasteiger partial charge is 0.328 e.